The minimum Gasteiger partial charge on any atom is -0.465 e. The molecule has 0 bridgehead atoms. The Balaban J connectivity index is 1.85. The summed E-state index contributed by atoms with van der Waals surface area (Å²) in [5.74, 6) is -0.554. The average Bonchev–Trinajstić information content (AvgIpc) is 3.17. The fraction of sp³-hybridized carbons (Fsp3) is 0.158. The third kappa shape index (κ3) is 3.95. The standard InChI is InChI=1S/C19H16N2O6/c1-10-15(18(23)25-3)8-14(26-10)9-16-19(24)27-17(21-16)12-4-6-13(7-5-12)20-11(2)22/h4-9H,1-3H3,(H,20,22)/b16-9-. The number of furan rings is 1. The van der Waals surface area contributed by atoms with E-state index in [0.29, 0.717) is 17.0 Å². The van der Waals surface area contributed by atoms with E-state index in [2.05, 4.69) is 15.0 Å². The van der Waals surface area contributed by atoms with Gasteiger partial charge in [-0.1, -0.05) is 0 Å². The lowest BCUT2D eigenvalue weighted by Crippen LogP contribution is -2.07. The SMILES string of the molecule is COC(=O)c1cc(/C=C2\N=C(c3ccc(NC(C)=O)cc3)OC2=O)oc1C. The molecule has 27 heavy (non-hydrogen) atoms. The van der Waals surface area contributed by atoms with Gasteiger partial charge in [-0.3, -0.25) is 4.79 Å². The van der Waals surface area contributed by atoms with Crippen LogP contribution in [-0.4, -0.2) is 30.9 Å². The number of anilines is 1. The fourth-order valence-electron chi connectivity index (χ4n) is 2.46. The molecule has 8 heteroatoms. The summed E-state index contributed by atoms with van der Waals surface area (Å²) in [4.78, 5) is 38.9. The molecular formula is C19H16N2O6. The molecule has 0 radical (unpaired) electrons. The Morgan fingerprint density at radius 1 is 1.22 bits per heavy atom. The van der Waals surface area contributed by atoms with Gasteiger partial charge in [0.15, 0.2) is 5.70 Å². The smallest absolute Gasteiger partial charge is 0.363 e. The third-order valence-corrected chi connectivity index (χ3v) is 3.69. The van der Waals surface area contributed by atoms with Gasteiger partial charge in [0, 0.05) is 24.3 Å². The van der Waals surface area contributed by atoms with Gasteiger partial charge in [0.25, 0.3) is 0 Å². The van der Waals surface area contributed by atoms with E-state index in [0.717, 1.165) is 0 Å². The number of esters is 2. The van der Waals surface area contributed by atoms with E-state index in [1.165, 1.54) is 26.2 Å². The number of hydrogen-bond acceptors (Lipinski definition) is 7. The highest BCUT2D eigenvalue weighted by molar-refractivity contribution is 6.13. The zero-order valence-electron chi connectivity index (χ0n) is 14.9. The van der Waals surface area contributed by atoms with Gasteiger partial charge in [-0.2, -0.15) is 0 Å². The van der Waals surface area contributed by atoms with Crippen LogP contribution in [0.1, 0.15) is 34.4 Å². The number of aliphatic imine (C=N–C) groups is 1. The van der Waals surface area contributed by atoms with Gasteiger partial charge in [0.2, 0.25) is 11.8 Å². The maximum atomic E-state index is 12.1. The third-order valence-electron chi connectivity index (χ3n) is 3.69. The van der Waals surface area contributed by atoms with Crippen LogP contribution in [0.3, 0.4) is 0 Å². The lowest BCUT2D eigenvalue weighted by atomic mass is 10.2. The Bertz CT molecular complexity index is 982. The second kappa shape index (κ2) is 7.28. The molecule has 8 nitrogen and oxygen atoms in total. The molecular weight excluding hydrogens is 352 g/mol. The minimum absolute atomic E-state index is 0.0427. The fourth-order valence-corrected chi connectivity index (χ4v) is 2.46. The number of hydrogen-bond donors (Lipinski definition) is 1. The molecule has 138 valence electrons. The average molecular weight is 368 g/mol. The summed E-state index contributed by atoms with van der Waals surface area (Å²) in [6.07, 6.45) is 1.39. The molecule has 0 aliphatic carbocycles. The summed E-state index contributed by atoms with van der Waals surface area (Å²) in [6, 6.07) is 8.16. The second-order valence-electron chi connectivity index (χ2n) is 5.70. The first-order valence-corrected chi connectivity index (χ1v) is 7.96. The number of benzene rings is 1. The molecule has 1 aromatic heterocycles. The molecule has 0 saturated carbocycles. The molecule has 1 aromatic carbocycles. The molecule has 0 fully saturated rings. The number of methoxy groups -OCH3 is 1. The number of aryl methyl sites for hydroxylation is 1. The van der Waals surface area contributed by atoms with E-state index in [1.807, 2.05) is 0 Å². The van der Waals surface area contributed by atoms with Crippen molar-refractivity contribution in [2.24, 2.45) is 4.99 Å². The van der Waals surface area contributed by atoms with Gasteiger partial charge < -0.3 is 19.2 Å². The van der Waals surface area contributed by atoms with Crippen LogP contribution < -0.4 is 5.32 Å². The van der Waals surface area contributed by atoms with E-state index in [-0.39, 0.29) is 28.8 Å². The number of amides is 1. The van der Waals surface area contributed by atoms with Gasteiger partial charge in [0.05, 0.1) is 7.11 Å². The van der Waals surface area contributed by atoms with Crippen LogP contribution in [0, 0.1) is 6.92 Å². The molecule has 2 aromatic rings. The van der Waals surface area contributed by atoms with Crippen molar-refractivity contribution in [2.45, 2.75) is 13.8 Å². The van der Waals surface area contributed by atoms with Crippen molar-refractivity contribution < 1.29 is 28.3 Å². The zero-order chi connectivity index (χ0) is 19.6. The normalized spacial score (nSPS) is 14.7. The first-order chi connectivity index (χ1) is 12.9. The van der Waals surface area contributed by atoms with Crippen molar-refractivity contribution in [3.63, 3.8) is 0 Å². The molecule has 1 amide bonds. The Labute approximate surface area is 154 Å². The van der Waals surface area contributed by atoms with Crippen molar-refractivity contribution in [3.05, 3.63) is 58.7 Å². The van der Waals surface area contributed by atoms with Crippen LogP contribution in [0.25, 0.3) is 6.08 Å². The van der Waals surface area contributed by atoms with E-state index in [4.69, 9.17) is 9.15 Å². The molecule has 0 unspecified atom stereocenters. The molecule has 3 rings (SSSR count). The quantitative estimate of drug-likeness (QED) is 0.657. The van der Waals surface area contributed by atoms with Gasteiger partial charge in [-0.15, -0.1) is 0 Å². The Morgan fingerprint density at radius 2 is 1.93 bits per heavy atom. The summed E-state index contributed by atoms with van der Waals surface area (Å²) in [5, 5.41) is 2.65. The van der Waals surface area contributed by atoms with Gasteiger partial charge in [-0.05, 0) is 37.3 Å². The predicted octanol–water partition coefficient (Wildman–Crippen LogP) is 2.68. The van der Waals surface area contributed by atoms with E-state index >= 15 is 0 Å². The van der Waals surface area contributed by atoms with Crippen molar-refractivity contribution >= 4 is 35.5 Å². The van der Waals surface area contributed by atoms with Crippen LogP contribution >= 0.6 is 0 Å². The van der Waals surface area contributed by atoms with Crippen molar-refractivity contribution in [1.29, 1.82) is 0 Å². The summed E-state index contributed by atoms with van der Waals surface area (Å²) >= 11 is 0. The Morgan fingerprint density at radius 3 is 2.56 bits per heavy atom. The van der Waals surface area contributed by atoms with Crippen LogP contribution in [0.4, 0.5) is 5.69 Å². The van der Waals surface area contributed by atoms with Gasteiger partial charge >= 0.3 is 11.9 Å². The highest BCUT2D eigenvalue weighted by Crippen LogP contribution is 2.23. The first-order valence-electron chi connectivity index (χ1n) is 7.96. The number of ether oxygens (including phenoxy) is 2. The summed E-state index contributed by atoms with van der Waals surface area (Å²) in [7, 11) is 1.27. The number of nitrogens with zero attached hydrogens (tertiary/aromatic N) is 1. The van der Waals surface area contributed by atoms with Crippen LogP contribution in [0.5, 0.6) is 0 Å². The Kier molecular flexibility index (Phi) is 4.89. The zero-order valence-corrected chi connectivity index (χ0v) is 14.9. The monoisotopic (exact) mass is 368 g/mol. The number of rotatable bonds is 4. The lowest BCUT2D eigenvalue weighted by molar-refractivity contribution is -0.130. The largest absolute Gasteiger partial charge is 0.465 e. The lowest BCUT2D eigenvalue weighted by Gasteiger charge is -2.03. The van der Waals surface area contributed by atoms with Gasteiger partial charge in [-0.25, -0.2) is 14.6 Å². The number of carbonyl (C=O) groups excluding carboxylic acids is 3. The topological polar surface area (TPSA) is 107 Å². The Hall–Kier alpha value is -3.68. The molecule has 2 heterocycles. The van der Waals surface area contributed by atoms with E-state index in [1.54, 1.807) is 31.2 Å². The maximum Gasteiger partial charge on any atom is 0.363 e. The highest BCUT2D eigenvalue weighted by atomic mass is 16.6. The molecule has 0 saturated heterocycles. The first kappa shape index (κ1) is 18.1. The molecule has 0 atom stereocenters. The number of cyclic esters (lactones) is 1. The minimum atomic E-state index is -0.635. The summed E-state index contributed by atoms with van der Waals surface area (Å²) in [6.45, 7) is 3.03. The predicted molar refractivity (Wildman–Crippen MR) is 96.1 cm³/mol. The summed E-state index contributed by atoms with van der Waals surface area (Å²) < 4.78 is 15.3. The van der Waals surface area contributed by atoms with Crippen molar-refractivity contribution in [1.82, 2.24) is 0 Å². The maximum absolute atomic E-state index is 12.1. The number of nitrogens with one attached hydrogen (secondary N) is 1. The number of carbonyl (C=O) groups is 3. The van der Waals surface area contributed by atoms with E-state index in [9.17, 15) is 14.4 Å². The molecule has 1 aliphatic heterocycles. The van der Waals surface area contributed by atoms with Crippen LogP contribution in [-0.2, 0) is 19.1 Å². The van der Waals surface area contributed by atoms with Crippen molar-refractivity contribution in [3.8, 4) is 0 Å². The van der Waals surface area contributed by atoms with Crippen molar-refractivity contribution in [2.75, 3.05) is 12.4 Å². The molecule has 0 spiro atoms. The van der Waals surface area contributed by atoms with Gasteiger partial charge in [0.1, 0.15) is 17.1 Å². The second-order valence-corrected chi connectivity index (χ2v) is 5.70. The molecule has 1 aliphatic rings. The summed E-state index contributed by atoms with van der Waals surface area (Å²) in [5.41, 5.74) is 1.51. The van der Waals surface area contributed by atoms with Crippen LogP contribution in [0.15, 0.2) is 45.4 Å². The van der Waals surface area contributed by atoms with E-state index < -0.39 is 11.9 Å². The molecule has 1 N–H and O–H groups in total. The highest BCUT2D eigenvalue weighted by Gasteiger charge is 2.25. The van der Waals surface area contributed by atoms with Crippen LogP contribution in [0.2, 0.25) is 0 Å².